The fourth-order valence-corrected chi connectivity index (χ4v) is 2.61. The summed E-state index contributed by atoms with van der Waals surface area (Å²) in [4.78, 5) is 13.0. The van der Waals surface area contributed by atoms with Crippen LogP contribution in [0.5, 0.6) is 0 Å². The zero-order valence-electron chi connectivity index (χ0n) is 10.6. The number of hydrogen-bond donors (Lipinski definition) is 1. The number of hydrogen-bond acceptors (Lipinski definition) is 4. The third-order valence-electron chi connectivity index (χ3n) is 3.57. The van der Waals surface area contributed by atoms with E-state index < -0.39 is 0 Å². The molecule has 0 fully saturated rings. The maximum atomic E-state index is 5.93. The van der Waals surface area contributed by atoms with Crippen LogP contribution in [0.4, 0.5) is 5.82 Å². The van der Waals surface area contributed by atoms with Crippen molar-refractivity contribution in [3.05, 3.63) is 29.6 Å². The molecule has 0 aromatic carbocycles. The van der Waals surface area contributed by atoms with Gasteiger partial charge in [-0.3, -0.25) is 4.57 Å². The van der Waals surface area contributed by atoms with E-state index in [1.807, 2.05) is 6.33 Å². The average molecular weight is 243 g/mol. The van der Waals surface area contributed by atoms with Gasteiger partial charge < -0.3 is 5.73 Å². The quantitative estimate of drug-likeness (QED) is 0.871. The van der Waals surface area contributed by atoms with Crippen LogP contribution >= 0.6 is 0 Å². The van der Waals surface area contributed by atoms with E-state index in [1.165, 1.54) is 30.6 Å². The molecule has 0 bridgehead atoms. The Morgan fingerprint density at radius 1 is 1.22 bits per heavy atom. The van der Waals surface area contributed by atoms with Gasteiger partial charge in [0.25, 0.3) is 0 Å². The van der Waals surface area contributed by atoms with Crippen LogP contribution in [0.15, 0.2) is 12.7 Å². The number of anilines is 1. The van der Waals surface area contributed by atoms with Gasteiger partial charge in [-0.2, -0.15) is 0 Å². The molecule has 0 spiro atoms. The Morgan fingerprint density at radius 3 is 2.89 bits per heavy atom. The van der Waals surface area contributed by atoms with Crippen molar-refractivity contribution in [2.24, 2.45) is 0 Å². The third-order valence-corrected chi connectivity index (χ3v) is 3.57. The number of nitrogens with zero attached hydrogens (tertiary/aromatic N) is 4. The first kappa shape index (κ1) is 11.2. The van der Waals surface area contributed by atoms with Crippen molar-refractivity contribution in [1.82, 2.24) is 19.5 Å². The molecule has 0 unspecified atom stereocenters. The molecule has 2 N–H and O–H groups in total. The van der Waals surface area contributed by atoms with E-state index >= 15 is 0 Å². The lowest BCUT2D eigenvalue weighted by molar-refractivity contribution is 0.653. The molecule has 3 rings (SSSR count). The highest BCUT2D eigenvalue weighted by Crippen LogP contribution is 2.25. The topological polar surface area (TPSA) is 69.6 Å². The minimum absolute atomic E-state index is 0.570. The summed E-state index contributed by atoms with van der Waals surface area (Å²) in [5.41, 5.74) is 9.43. The maximum absolute atomic E-state index is 5.93. The summed E-state index contributed by atoms with van der Waals surface area (Å²) in [6.45, 7) is 2.07. The van der Waals surface area contributed by atoms with Gasteiger partial charge in [-0.15, -0.1) is 0 Å². The van der Waals surface area contributed by atoms with Crippen LogP contribution in [0.25, 0.3) is 5.82 Å². The maximum Gasteiger partial charge on any atom is 0.146 e. The van der Waals surface area contributed by atoms with E-state index in [1.54, 1.807) is 0 Å². The van der Waals surface area contributed by atoms with E-state index in [0.717, 1.165) is 30.6 Å². The first-order valence-corrected chi connectivity index (χ1v) is 6.46. The fraction of sp³-hybridized carbons (Fsp3) is 0.462. The first-order chi connectivity index (χ1) is 8.81. The Balaban J connectivity index is 2.15. The average Bonchev–Trinajstić information content (AvgIpc) is 2.82. The molecule has 0 atom stereocenters. The predicted molar refractivity (Wildman–Crippen MR) is 69.6 cm³/mol. The van der Waals surface area contributed by atoms with Gasteiger partial charge in [0.1, 0.15) is 24.3 Å². The van der Waals surface area contributed by atoms with Gasteiger partial charge in [0.2, 0.25) is 0 Å². The highest BCUT2D eigenvalue weighted by Gasteiger charge is 2.19. The van der Waals surface area contributed by atoms with E-state index in [-0.39, 0.29) is 0 Å². The minimum atomic E-state index is 0.570. The molecule has 5 nitrogen and oxygen atoms in total. The molecule has 18 heavy (non-hydrogen) atoms. The first-order valence-electron chi connectivity index (χ1n) is 6.46. The molecular weight excluding hydrogens is 226 g/mol. The van der Waals surface area contributed by atoms with Crippen molar-refractivity contribution >= 4 is 5.82 Å². The molecule has 0 aliphatic heterocycles. The van der Waals surface area contributed by atoms with Crippen LogP contribution < -0.4 is 5.73 Å². The molecule has 0 saturated carbocycles. The Morgan fingerprint density at radius 2 is 2.06 bits per heavy atom. The van der Waals surface area contributed by atoms with Crippen LogP contribution in [0.3, 0.4) is 0 Å². The summed E-state index contributed by atoms with van der Waals surface area (Å²) < 4.78 is 2.09. The molecule has 0 saturated heterocycles. The van der Waals surface area contributed by atoms with Crippen LogP contribution in [0.2, 0.25) is 0 Å². The highest BCUT2D eigenvalue weighted by molar-refractivity contribution is 5.49. The van der Waals surface area contributed by atoms with Gasteiger partial charge in [-0.1, -0.05) is 6.92 Å². The van der Waals surface area contributed by atoms with Crippen LogP contribution in [0.1, 0.15) is 36.7 Å². The smallest absolute Gasteiger partial charge is 0.146 e. The monoisotopic (exact) mass is 243 g/mol. The fourth-order valence-electron chi connectivity index (χ4n) is 2.61. The second-order valence-electron chi connectivity index (χ2n) is 4.63. The van der Waals surface area contributed by atoms with Crippen LogP contribution in [0, 0.1) is 0 Å². The number of nitrogens with two attached hydrogens (primary N) is 1. The number of imidazole rings is 1. The second-order valence-corrected chi connectivity index (χ2v) is 4.63. The summed E-state index contributed by atoms with van der Waals surface area (Å²) in [7, 11) is 0. The van der Waals surface area contributed by atoms with Crippen molar-refractivity contribution in [1.29, 1.82) is 0 Å². The number of aromatic nitrogens is 4. The lowest BCUT2D eigenvalue weighted by atomic mass is 10.0. The van der Waals surface area contributed by atoms with Gasteiger partial charge in [0.15, 0.2) is 0 Å². The van der Waals surface area contributed by atoms with Gasteiger partial charge in [0, 0.05) is 11.3 Å². The van der Waals surface area contributed by atoms with Crippen LogP contribution in [-0.2, 0) is 19.3 Å². The Labute approximate surface area is 106 Å². The van der Waals surface area contributed by atoms with E-state index in [0.29, 0.717) is 5.82 Å². The van der Waals surface area contributed by atoms with Gasteiger partial charge in [-0.05, 0) is 32.1 Å². The molecule has 1 aliphatic rings. The SMILES string of the molecule is CCc1c(N)ncnc1-n1cnc2c1CCCC2. The molecule has 0 radical (unpaired) electrons. The molecule has 5 heteroatoms. The number of fused-ring (bicyclic) bond motifs is 1. The highest BCUT2D eigenvalue weighted by atomic mass is 15.1. The summed E-state index contributed by atoms with van der Waals surface area (Å²) >= 11 is 0. The summed E-state index contributed by atoms with van der Waals surface area (Å²) in [5.74, 6) is 1.46. The third kappa shape index (κ3) is 1.66. The standard InChI is InChI=1S/C13H17N5/c1-2-9-12(14)15-7-16-13(9)18-8-17-10-5-3-4-6-11(10)18/h7-8H,2-6H2,1H3,(H2,14,15,16). The van der Waals surface area contributed by atoms with Crippen molar-refractivity contribution < 1.29 is 0 Å². The zero-order chi connectivity index (χ0) is 12.5. The number of nitrogen functional groups attached to an aromatic ring is 1. The molecule has 0 amide bonds. The molecular formula is C13H17N5. The zero-order valence-corrected chi connectivity index (χ0v) is 10.6. The molecule has 2 heterocycles. The van der Waals surface area contributed by atoms with E-state index in [4.69, 9.17) is 5.73 Å². The minimum Gasteiger partial charge on any atom is -0.383 e. The second kappa shape index (κ2) is 4.40. The van der Waals surface area contributed by atoms with Crippen molar-refractivity contribution in [3.63, 3.8) is 0 Å². The summed E-state index contributed by atoms with van der Waals surface area (Å²) in [5, 5.41) is 0. The number of rotatable bonds is 2. The molecule has 94 valence electrons. The molecule has 2 aromatic rings. The predicted octanol–water partition coefficient (Wildman–Crippen LogP) is 1.69. The van der Waals surface area contributed by atoms with Crippen molar-refractivity contribution in [2.45, 2.75) is 39.0 Å². The van der Waals surface area contributed by atoms with Crippen LogP contribution in [-0.4, -0.2) is 19.5 Å². The summed E-state index contributed by atoms with van der Waals surface area (Å²) in [6, 6.07) is 0. The number of aryl methyl sites for hydroxylation is 1. The lowest BCUT2D eigenvalue weighted by Gasteiger charge is -2.15. The Bertz CT molecular complexity index is 573. The van der Waals surface area contributed by atoms with E-state index in [2.05, 4.69) is 26.4 Å². The molecule has 2 aromatic heterocycles. The Kier molecular flexibility index (Phi) is 2.74. The van der Waals surface area contributed by atoms with Gasteiger partial charge in [-0.25, -0.2) is 15.0 Å². The largest absolute Gasteiger partial charge is 0.383 e. The van der Waals surface area contributed by atoms with Crippen molar-refractivity contribution in [2.75, 3.05) is 5.73 Å². The van der Waals surface area contributed by atoms with Crippen molar-refractivity contribution in [3.8, 4) is 5.82 Å². The lowest BCUT2D eigenvalue weighted by Crippen LogP contribution is -2.11. The van der Waals surface area contributed by atoms with Gasteiger partial charge in [0.05, 0.1) is 5.69 Å². The summed E-state index contributed by atoms with van der Waals surface area (Å²) in [6.07, 6.45) is 8.83. The normalized spacial score (nSPS) is 14.5. The molecule has 1 aliphatic carbocycles. The Hall–Kier alpha value is -1.91. The van der Waals surface area contributed by atoms with Gasteiger partial charge >= 0.3 is 0 Å². The van der Waals surface area contributed by atoms with E-state index in [9.17, 15) is 0 Å².